The van der Waals surface area contributed by atoms with Gasteiger partial charge in [-0.25, -0.2) is 0 Å². The Labute approximate surface area is 105 Å². The van der Waals surface area contributed by atoms with Crippen molar-refractivity contribution in [2.24, 2.45) is 0 Å². The number of carbonyl (C=O) groups excluding carboxylic acids is 2. The summed E-state index contributed by atoms with van der Waals surface area (Å²) in [6.45, 7) is 0. The molecule has 3 rings (SSSR count). The maximum absolute atomic E-state index is 11.8. The zero-order valence-corrected chi connectivity index (χ0v) is 9.98. The third kappa shape index (κ3) is 1.73. The van der Waals surface area contributed by atoms with E-state index in [-0.39, 0.29) is 23.8 Å². The molecule has 0 unspecified atom stereocenters. The maximum Gasteiger partial charge on any atom is 0.259 e. The number of aliphatic hydroxyl groups excluding tert-OH is 1. The molecule has 1 heterocycles. The van der Waals surface area contributed by atoms with Crippen LogP contribution in [0.1, 0.15) is 57.9 Å². The van der Waals surface area contributed by atoms with Crippen molar-refractivity contribution in [2.75, 3.05) is 0 Å². The van der Waals surface area contributed by atoms with Crippen molar-refractivity contribution >= 4 is 11.8 Å². The second-order valence-corrected chi connectivity index (χ2v) is 5.06. The molecule has 94 valence electrons. The molecule has 2 aliphatic rings. The molecule has 0 spiro atoms. The number of imide groups is 1. The molecule has 4 heteroatoms. The van der Waals surface area contributed by atoms with Gasteiger partial charge in [-0.05, 0) is 43.2 Å². The highest BCUT2D eigenvalue weighted by atomic mass is 16.3. The molecule has 0 bridgehead atoms. The Morgan fingerprint density at radius 2 is 1.78 bits per heavy atom. The number of amides is 2. The Bertz CT molecular complexity index is 516. The summed E-state index contributed by atoms with van der Waals surface area (Å²) >= 11 is 0. The quantitative estimate of drug-likeness (QED) is 0.738. The van der Waals surface area contributed by atoms with E-state index in [2.05, 4.69) is 5.32 Å². The summed E-state index contributed by atoms with van der Waals surface area (Å²) in [5.41, 5.74) is 2.00. The van der Waals surface area contributed by atoms with Gasteiger partial charge in [0, 0.05) is 0 Å². The highest BCUT2D eigenvalue weighted by Gasteiger charge is 2.32. The molecule has 0 aromatic heterocycles. The number of benzene rings is 1. The smallest absolute Gasteiger partial charge is 0.259 e. The van der Waals surface area contributed by atoms with Crippen LogP contribution in [0, 0.1) is 0 Å². The standard InChI is InChI=1S/C14H15NO3/c16-9-6-4-8(5-7-9)10-2-1-3-11-12(10)14(18)15-13(11)17/h1-3,8-9,16H,4-7H2,(H,15,17,18). The summed E-state index contributed by atoms with van der Waals surface area (Å²) < 4.78 is 0. The first-order valence-electron chi connectivity index (χ1n) is 6.33. The fraction of sp³-hybridized carbons (Fsp3) is 0.429. The molecule has 0 saturated heterocycles. The summed E-state index contributed by atoms with van der Waals surface area (Å²) in [4.78, 5) is 23.4. The number of rotatable bonds is 1. The van der Waals surface area contributed by atoms with Crippen LogP contribution in [0.4, 0.5) is 0 Å². The van der Waals surface area contributed by atoms with E-state index in [9.17, 15) is 14.7 Å². The molecule has 1 fully saturated rings. The molecule has 1 aromatic rings. The monoisotopic (exact) mass is 245 g/mol. The van der Waals surface area contributed by atoms with Crippen LogP contribution in [0.25, 0.3) is 0 Å². The van der Waals surface area contributed by atoms with Gasteiger partial charge >= 0.3 is 0 Å². The molecule has 1 aromatic carbocycles. The Morgan fingerprint density at radius 1 is 1.06 bits per heavy atom. The number of nitrogens with one attached hydrogen (secondary N) is 1. The Balaban J connectivity index is 1.99. The van der Waals surface area contributed by atoms with Crippen molar-refractivity contribution in [2.45, 2.75) is 37.7 Å². The van der Waals surface area contributed by atoms with E-state index in [1.54, 1.807) is 6.07 Å². The Kier molecular flexibility index (Phi) is 2.67. The molecule has 2 N–H and O–H groups in total. The zero-order valence-electron chi connectivity index (χ0n) is 9.98. The van der Waals surface area contributed by atoms with Crippen molar-refractivity contribution in [1.29, 1.82) is 0 Å². The average molecular weight is 245 g/mol. The van der Waals surface area contributed by atoms with Crippen LogP contribution in [0.2, 0.25) is 0 Å². The van der Waals surface area contributed by atoms with Gasteiger partial charge in [0.05, 0.1) is 17.2 Å². The second-order valence-electron chi connectivity index (χ2n) is 5.06. The predicted molar refractivity (Wildman–Crippen MR) is 65.5 cm³/mol. The van der Waals surface area contributed by atoms with Crippen LogP contribution in [-0.2, 0) is 0 Å². The van der Waals surface area contributed by atoms with Gasteiger partial charge in [0.25, 0.3) is 11.8 Å². The Hall–Kier alpha value is -1.68. The molecule has 0 radical (unpaired) electrons. The van der Waals surface area contributed by atoms with Gasteiger partial charge in [0.1, 0.15) is 0 Å². The fourth-order valence-electron chi connectivity index (χ4n) is 2.97. The summed E-state index contributed by atoms with van der Waals surface area (Å²) in [5.74, 6) is -0.301. The number of fused-ring (bicyclic) bond motifs is 1. The normalized spacial score (nSPS) is 26.9. The van der Waals surface area contributed by atoms with Gasteiger partial charge in [0.15, 0.2) is 0 Å². The van der Waals surface area contributed by atoms with Gasteiger partial charge in [0.2, 0.25) is 0 Å². The lowest BCUT2D eigenvalue weighted by Gasteiger charge is -2.26. The first-order chi connectivity index (χ1) is 8.66. The molecule has 1 saturated carbocycles. The van der Waals surface area contributed by atoms with Gasteiger partial charge in [-0.3, -0.25) is 14.9 Å². The van der Waals surface area contributed by atoms with Crippen molar-refractivity contribution in [1.82, 2.24) is 5.32 Å². The van der Waals surface area contributed by atoms with Crippen LogP contribution in [0.15, 0.2) is 18.2 Å². The van der Waals surface area contributed by atoms with E-state index in [0.29, 0.717) is 11.1 Å². The van der Waals surface area contributed by atoms with E-state index >= 15 is 0 Å². The van der Waals surface area contributed by atoms with Gasteiger partial charge in [-0.2, -0.15) is 0 Å². The number of carbonyl (C=O) groups is 2. The third-order valence-corrected chi connectivity index (χ3v) is 3.93. The number of hydrogen-bond donors (Lipinski definition) is 2. The van der Waals surface area contributed by atoms with E-state index in [1.807, 2.05) is 12.1 Å². The summed E-state index contributed by atoms with van der Waals surface area (Å²) in [7, 11) is 0. The molecule has 4 nitrogen and oxygen atoms in total. The van der Waals surface area contributed by atoms with Crippen molar-refractivity contribution in [3.63, 3.8) is 0 Å². The molecule has 2 amide bonds. The van der Waals surface area contributed by atoms with E-state index < -0.39 is 0 Å². The lowest BCUT2D eigenvalue weighted by molar-refractivity contribution is 0.0879. The topological polar surface area (TPSA) is 66.4 Å². The second kappa shape index (κ2) is 4.21. The van der Waals surface area contributed by atoms with Crippen LogP contribution in [-0.4, -0.2) is 23.0 Å². The van der Waals surface area contributed by atoms with E-state index in [1.165, 1.54) is 0 Å². The highest BCUT2D eigenvalue weighted by Crippen LogP contribution is 2.36. The Morgan fingerprint density at radius 3 is 2.50 bits per heavy atom. The van der Waals surface area contributed by atoms with E-state index in [0.717, 1.165) is 31.2 Å². The third-order valence-electron chi connectivity index (χ3n) is 3.93. The molecule has 18 heavy (non-hydrogen) atoms. The van der Waals surface area contributed by atoms with Crippen LogP contribution < -0.4 is 5.32 Å². The highest BCUT2D eigenvalue weighted by molar-refractivity contribution is 6.22. The summed E-state index contributed by atoms with van der Waals surface area (Å²) in [6.07, 6.45) is 3.07. The minimum atomic E-state index is -0.298. The van der Waals surface area contributed by atoms with Gasteiger partial charge in [-0.15, -0.1) is 0 Å². The lowest BCUT2D eigenvalue weighted by Crippen LogP contribution is -2.21. The molecule has 0 atom stereocenters. The first kappa shape index (κ1) is 11.4. The van der Waals surface area contributed by atoms with E-state index in [4.69, 9.17) is 0 Å². The fourth-order valence-corrected chi connectivity index (χ4v) is 2.97. The van der Waals surface area contributed by atoms with Crippen LogP contribution >= 0.6 is 0 Å². The number of aliphatic hydroxyl groups is 1. The molecule has 1 aliphatic heterocycles. The van der Waals surface area contributed by atoms with Gasteiger partial charge < -0.3 is 5.11 Å². The zero-order chi connectivity index (χ0) is 12.7. The average Bonchev–Trinajstić information content (AvgIpc) is 2.66. The molecular formula is C14H15NO3. The lowest BCUT2D eigenvalue weighted by atomic mass is 9.80. The minimum Gasteiger partial charge on any atom is -0.393 e. The van der Waals surface area contributed by atoms with Crippen LogP contribution in [0.5, 0.6) is 0 Å². The summed E-state index contributed by atoms with van der Waals surface area (Å²) in [6, 6.07) is 5.45. The summed E-state index contributed by atoms with van der Waals surface area (Å²) in [5, 5.41) is 11.9. The van der Waals surface area contributed by atoms with Crippen molar-refractivity contribution in [3.05, 3.63) is 34.9 Å². The largest absolute Gasteiger partial charge is 0.393 e. The van der Waals surface area contributed by atoms with Crippen LogP contribution in [0.3, 0.4) is 0 Å². The van der Waals surface area contributed by atoms with Crippen molar-refractivity contribution < 1.29 is 14.7 Å². The van der Waals surface area contributed by atoms with Gasteiger partial charge in [-0.1, -0.05) is 12.1 Å². The minimum absolute atomic E-state index is 0.214. The predicted octanol–water partition coefficient (Wildman–Crippen LogP) is 1.59. The maximum atomic E-state index is 11.8. The number of hydrogen-bond acceptors (Lipinski definition) is 3. The first-order valence-corrected chi connectivity index (χ1v) is 6.33. The molecule has 1 aliphatic carbocycles. The van der Waals surface area contributed by atoms with Crippen molar-refractivity contribution in [3.8, 4) is 0 Å². The SMILES string of the molecule is O=C1NC(=O)c2c1cccc2C1CCC(O)CC1. The molecular weight excluding hydrogens is 230 g/mol.